The molecule has 0 aromatic heterocycles. The van der Waals surface area contributed by atoms with Crippen molar-refractivity contribution in [1.29, 1.82) is 0 Å². The zero-order valence-corrected chi connectivity index (χ0v) is 10.1. The summed E-state index contributed by atoms with van der Waals surface area (Å²) >= 11 is 0. The second-order valence-corrected chi connectivity index (χ2v) is 4.64. The highest BCUT2D eigenvalue weighted by Crippen LogP contribution is 2.19. The highest BCUT2D eigenvalue weighted by atomic mass is 16.5. The molecule has 0 N–H and O–H groups in total. The van der Waals surface area contributed by atoms with Crippen molar-refractivity contribution in [1.82, 2.24) is 0 Å². The van der Waals surface area contributed by atoms with Gasteiger partial charge in [-0.3, -0.25) is 0 Å². The van der Waals surface area contributed by atoms with Gasteiger partial charge in [0.15, 0.2) is 0 Å². The molecule has 1 nitrogen and oxygen atoms in total. The van der Waals surface area contributed by atoms with Crippen molar-refractivity contribution < 1.29 is 4.74 Å². The van der Waals surface area contributed by atoms with E-state index in [9.17, 15) is 0 Å². The molecular weight excluding hydrogens is 184 g/mol. The number of benzene rings is 1. The van der Waals surface area contributed by atoms with Crippen LogP contribution in [0.1, 0.15) is 45.6 Å². The normalized spacial score (nSPS) is 11.7. The Kier molecular flexibility index (Phi) is 4.83. The van der Waals surface area contributed by atoms with Crippen molar-refractivity contribution in [3.8, 4) is 0 Å². The maximum absolute atomic E-state index is 5.92. The Labute approximate surface area is 93.5 Å². The van der Waals surface area contributed by atoms with Crippen LogP contribution in [0.5, 0.6) is 0 Å². The quantitative estimate of drug-likeness (QED) is 0.678. The van der Waals surface area contributed by atoms with Gasteiger partial charge in [-0.25, -0.2) is 0 Å². The average Bonchev–Trinajstić information content (AvgIpc) is 2.25. The first-order valence-electron chi connectivity index (χ1n) is 5.82. The summed E-state index contributed by atoms with van der Waals surface area (Å²) in [6, 6.07) is 10.4. The van der Waals surface area contributed by atoms with Crippen LogP contribution in [-0.2, 0) is 11.3 Å². The Morgan fingerprint density at radius 1 is 1.13 bits per heavy atom. The summed E-state index contributed by atoms with van der Waals surface area (Å²) in [6.07, 6.45) is 3.61. The van der Waals surface area contributed by atoms with Crippen molar-refractivity contribution >= 4 is 0 Å². The maximum Gasteiger partial charge on any atom is 0.0724 e. The number of hydrogen-bond donors (Lipinski definition) is 0. The van der Waals surface area contributed by atoms with Crippen LogP contribution in [0.25, 0.3) is 0 Å². The van der Waals surface area contributed by atoms with Crippen molar-refractivity contribution in [3.05, 3.63) is 35.9 Å². The van der Waals surface area contributed by atoms with E-state index in [4.69, 9.17) is 4.74 Å². The lowest BCUT2D eigenvalue weighted by Gasteiger charge is -2.25. The van der Waals surface area contributed by atoms with Crippen molar-refractivity contribution in [2.45, 2.75) is 52.2 Å². The van der Waals surface area contributed by atoms with Crippen LogP contribution in [0.15, 0.2) is 30.3 Å². The van der Waals surface area contributed by atoms with Crippen LogP contribution in [0.2, 0.25) is 0 Å². The average molecular weight is 206 g/mol. The van der Waals surface area contributed by atoms with E-state index in [1.54, 1.807) is 0 Å². The fraction of sp³-hybridized carbons (Fsp3) is 0.571. The van der Waals surface area contributed by atoms with Crippen LogP contribution >= 0.6 is 0 Å². The fourth-order valence-electron chi connectivity index (χ4n) is 1.53. The van der Waals surface area contributed by atoms with Crippen LogP contribution in [0.4, 0.5) is 0 Å². The number of hydrogen-bond acceptors (Lipinski definition) is 1. The Hall–Kier alpha value is -0.820. The highest BCUT2D eigenvalue weighted by molar-refractivity contribution is 5.13. The van der Waals surface area contributed by atoms with Gasteiger partial charge in [-0.05, 0) is 25.8 Å². The van der Waals surface area contributed by atoms with E-state index in [1.807, 2.05) is 6.07 Å². The molecule has 0 aliphatic heterocycles. The molecular formula is C14H22O. The molecule has 15 heavy (non-hydrogen) atoms. The molecule has 1 rings (SSSR count). The van der Waals surface area contributed by atoms with Crippen molar-refractivity contribution in [2.24, 2.45) is 0 Å². The molecule has 1 aromatic carbocycles. The lowest BCUT2D eigenvalue weighted by Crippen LogP contribution is -2.23. The molecule has 0 saturated carbocycles. The van der Waals surface area contributed by atoms with Gasteiger partial charge in [0.05, 0.1) is 12.2 Å². The predicted octanol–water partition coefficient (Wildman–Crippen LogP) is 4.17. The summed E-state index contributed by atoms with van der Waals surface area (Å²) in [5, 5.41) is 0. The zero-order valence-electron chi connectivity index (χ0n) is 10.1. The van der Waals surface area contributed by atoms with E-state index in [2.05, 4.69) is 45.0 Å². The molecule has 0 unspecified atom stereocenters. The Balaban J connectivity index is 2.35. The number of ether oxygens (including phenoxy) is 1. The summed E-state index contributed by atoms with van der Waals surface area (Å²) in [5.41, 5.74) is 1.26. The van der Waals surface area contributed by atoms with Gasteiger partial charge in [0.1, 0.15) is 0 Å². The number of unbranched alkanes of at least 4 members (excludes halogenated alkanes) is 1. The summed E-state index contributed by atoms with van der Waals surface area (Å²) in [5.74, 6) is 0. The minimum absolute atomic E-state index is 0.00580. The molecule has 1 heteroatoms. The third-order valence-corrected chi connectivity index (χ3v) is 2.60. The summed E-state index contributed by atoms with van der Waals surface area (Å²) in [6.45, 7) is 7.28. The lowest BCUT2D eigenvalue weighted by atomic mass is 10.0. The molecule has 0 heterocycles. The van der Waals surface area contributed by atoms with Gasteiger partial charge in [-0.2, -0.15) is 0 Å². The minimum atomic E-state index is 0.00580. The topological polar surface area (TPSA) is 9.23 Å². The van der Waals surface area contributed by atoms with Gasteiger partial charge in [-0.15, -0.1) is 0 Å². The van der Waals surface area contributed by atoms with E-state index in [1.165, 1.54) is 18.4 Å². The first-order valence-corrected chi connectivity index (χ1v) is 5.82. The van der Waals surface area contributed by atoms with E-state index >= 15 is 0 Å². The lowest BCUT2D eigenvalue weighted by molar-refractivity contribution is -0.0362. The molecule has 0 radical (unpaired) electrons. The zero-order chi connectivity index (χ0) is 11.1. The minimum Gasteiger partial charge on any atom is -0.371 e. The van der Waals surface area contributed by atoms with E-state index in [0.29, 0.717) is 0 Å². The van der Waals surface area contributed by atoms with Crippen molar-refractivity contribution in [3.63, 3.8) is 0 Å². The van der Waals surface area contributed by atoms with Crippen LogP contribution in [0, 0.1) is 0 Å². The Morgan fingerprint density at radius 2 is 1.80 bits per heavy atom. The second kappa shape index (κ2) is 5.92. The van der Waals surface area contributed by atoms with E-state index in [0.717, 1.165) is 13.0 Å². The van der Waals surface area contributed by atoms with E-state index in [-0.39, 0.29) is 5.60 Å². The second-order valence-electron chi connectivity index (χ2n) is 4.64. The smallest absolute Gasteiger partial charge is 0.0724 e. The summed E-state index contributed by atoms with van der Waals surface area (Å²) in [7, 11) is 0. The SMILES string of the molecule is CCCCC(C)(C)OCc1ccccc1. The molecule has 0 aliphatic carbocycles. The van der Waals surface area contributed by atoms with E-state index < -0.39 is 0 Å². The third-order valence-electron chi connectivity index (χ3n) is 2.60. The first kappa shape index (κ1) is 12.3. The van der Waals surface area contributed by atoms with Crippen LogP contribution in [-0.4, -0.2) is 5.60 Å². The van der Waals surface area contributed by atoms with Gasteiger partial charge >= 0.3 is 0 Å². The van der Waals surface area contributed by atoms with Gasteiger partial charge in [0, 0.05) is 0 Å². The molecule has 84 valence electrons. The van der Waals surface area contributed by atoms with Gasteiger partial charge in [0.2, 0.25) is 0 Å². The molecule has 0 fully saturated rings. The Bertz CT molecular complexity index is 264. The van der Waals surface area contributed by atoms with Crippen LogP contribution in [0.3, 0.4) is 0 Å². The fourth-order valence-corrected chi connectivity index (χ4v) is 1.53. The van der Waals surface area contributed by atoms with Crippen molar-refractivity contribution in [2.75, 3.05) is 0 Å². The summed E-state index contributed by atoms with van der Waals surface area (Å²) in [4.78, 5) is 0. The predicted molar refractivity (Wildman–Crippen MR) is 64.8 cm³/mol. The van der Waals surface area contributed by atoms with Gasteiger partial charge in [0.25, 0.3) is 0 Å². The Morgan fingerprint density at radius 3 is 2.40 bits per heavy atom. The molecule has 0 aliphatic rings. The largest absolute Gasteiger partial charge is 0.371 e. The standard InChI is InChI=1S/C14H22O/c1-4-5-11-14(2,3)15-12-13-9-7-6-8-10-13/h6-10H,4-5,11-12H2,1-3H3. The van der Waals surface area contributed by atoms with Crippen LogP contribution < -0.4 is 0 Å². The maximum atomic E-state index is 5.92. The molecule has 0 atom stereocenters. The molecule has 0 saturated heterocycles. The monoisotopic (exact) mass is 206 g/mol. The molecule has 0 spiro atoms. The highest BCUT2D eigenvalue weighted by Gasteiger charge is 2.17. The summed E-state index contributed by atoms with van der Waals surface area (Å²) < 4.78 is 5.92. The van der Waals surface area contributed by atoms with Gasteiger partial charge in [-0.1, -0.05) is 50.1 Å². The molecule has 1 aromatic rings. The number of rotatable bonds is 6. The third kappa shape index (κ3) is 4.98. The first-order chi connectivity index (χ1) is 7.14. The molecule has 0 amide bonds. The van der Waals surface area contributed by atoms with Gasteiger partial charge < -0.3 is 4.74 Å². The molecule has 0 bridgehead atoms.